The Morgan fingerprint density at radius 2 is 2.14 bits per heavy atom. The Hall–Kier alpha value is -2.14. The van der Waals surface area contributed by atoms with Gasteiger partial charge in [-0.2, -0.15) is 5.10 Å². The summed E-state index contributed by atoms with van der Waals surface area (Å²) in [6.45, 7) is 8.21. The molecule has 0 spiro atoms. The van der Waals surface area contributed by atoms with Crippen molar-refractivity contribution in [3.05, 3.63) is 47.4 Å². The van der Waals surface area contributed by atoms with Crippen molar-refractivity contribution in [1.82, 2.24) is 14.7 Å². The molecule has 1 aromatic carbocycles. The average molecular weight is 286 g/mol. The van der Waals surface area contributed by atoms with Crippen molar-refractivity contribution in [2.45, 2.75) is 20.0 Å². The first kappa shape index (κ1) is 13.8. The lowest BCUT2D eigenvalue weighted by Gasteiger charge is -2.24. The summed E-state index contributed by atoms with van der Waals surface area (Å²) in [7, 11) is 2.07. The largest absolute Gasteiger partial charge is 0.399 e. The molecular formula is C16H19FN4. The van der Waals surface area contributed by atoms with Crippen LogP contribution in [0.3, 0.4) is 0 Å². The molecule has 0 unspecified atom stereocenters. The number of halogens is 1. The average Bonchev–Trinajstić information content (AvgIpc) is 2.80. The van der Waals surface area contributed by atoms with E-state index in [1.807, 2.05) is 4.68 Å². The van der Waals surface area contributed by atoms with E-state index in [1.54, 1.807) is 19.1 Å². The first-order valence-electron chi connectivity index (χ1n) is 6.97. The van der Waals surface area contributed by atoms with Gasteiger partial charge in [-0.05, 0) is 37.7 Å². The number of rotatable bonds is 2. The van der Waals surface area contributed by atoms with Crippen LogP contribution in [0.15, 0.2) is 24.8 Å². The van der Waals surface area contributed by atoms with Crippen molar-refractivity contribution in [3.8, 4) is 11.3 Å². The smallest absolute Gasteiger partial charge is 0.126 e. The summed E-state index contributed by atoms with van der Waals surface area (Å²) < 4.78 is 15.5. The molecule has 0 saturated heterocycles. The molecule has 1 aromatic heterocycles. The summed E-state index contributed by atoms with van der Waals surface area (Å²) in [6, 6.07) is 5.02. The summed E-state index contributed by atoms with van der Waals surface area (Å²) in [5.74, 6) is -0.212. The van der Waals surface area contributed by atoms with Crippen LogP contribution in [0, 0.1) is 12.7 Å². The monoisotopic (exact) mass is 286 g/mol. The fourth-order valence-corrected chi connectivity index (χ4v) is 2.77. The third-order valence-electron chi connectivity index (χ3n) is 3.92. The molecule has 0 radical (unpaired) electrons. The first-order chi connectivity index (χ1) is 9.97. The van der Waals surface area contributed by atoms with E-state index in [4.69, 9.17) is 5.73 Å². The normalized spacial score (nSPS) is 15.0. The van der Waals surface area contributed by atoms with Crippen LogP contribution in [0.25, 0.3) is 17.0 Å². The molecule has 21 heavy (non-hydrogen) atoms. The van der Waals surface area contributed by atoms with E-state index in [1.165, 1.54) is 6.07 Å². The van der Waals surface area contributed by atoms with Crippen LogP contribution in [0.2, 0.25) is 0 Å². The molecule has 2 aromatic rings. The molecule has 5 heteroatoms. The molecule has 2 N–H and O–H groups in total. The predicted molar refractivity (Wildman–Crippen MR) is 81.9 cm³/mol. The number of aromatic nitrogens is 2. The van der Waals surface area contributed by atoms with E-state index < -0.39 is 0 Å². The van der Waals surface area contributed by atoms with E-state index in [0.717, 1.165) is 42.1 Å². The van der Waals surface area contributed by atoms with E-state index in [9.17, 15) is 4.39 Å². The highest BCUT2D eigenvalue weighted by Crippen LogP contribution is 2.31. The van der Waals surface area contributed by atoms with Crippen LogP contribution in [-0.2, 0) is 13.1 Å². The van der Waals surface area contributed by atoms with Gasteiger partial charge in [0.05, 0.1) is 12.2 Å². The Morgan fingerprint density at radius 1 is 1.38 bits per heavy atom. The molecule has 110 valence electrons. The maximum atomic E-state index is 13.5. The lowest BCUT2D eigenvalue weighted by Crippen LogP contribution is -2.31. The maximum absolute atomic E-state index is 13.5. The van der Waals surface area contributed by atoms with E-state index in [0.29, 0.717) is 11.3 Å². The Kier molecular flexibility index (Phi) is 3.29. The molecule has 3 rings (SSSR count). The number of likely N-dealkylation sites (N-methyl/N-ethyl adjacent to an activating group) is 1. The predicted octanol–water partition coefficient (Wildman–Crippen LogP) is 2.37. The molecule has 0 aliphatic carbocycles. The lowest BCUT2D eigenvalue weighted by molar-refractivity contribution is 0.258. The Labute approximate surface area is 123 Å². The van der Waals surface area contributed by atoms with Crippen molar-refractivity contribution in [1.29, 1.82) is 0 Å². The summed E-state index contributed by atoms with van der Waals surface area (Å²) in [6.07, 6.45) is 0. The van der Waals surface area contributed by atoms with Crippen molar-refractivity contribution >= 4 is 5.70 Å². The third kappa shape index (κ3) is 2.34. The molecule has 1 aliphatic heterocycles. The van der Waals surface area contributed by atoms with Gasteiger partial charge in [-0.3, -0.25) is 9.58 Å². The van der Waals surface area contributed by atoms with E-state index >= 15 is 0 Å². The Bertz CT molecular complexity index is 717. The molecule has 2 heterocycles. The van der Waals surface area contributed by atoms with Gasteiger partial charge in [0.1, 0.15) is 11.5 Å². The fourth-order valence-electron chi connectivity index (χ4n) is 2.77. The van der Waals surface area contributed by atoms with Crippen molar-refractivity contribution in [3.63, 3.8) is 0 Å². The van der Waals surface area contributed by atoms with Gasteiger partial charge in [-0.15, -0.1) is 0 Å². The number of fused-ring (bicyclic) bond motifs is 1. The standard InChI is InChI=1S/C16H19FN4/c1-10-8-12(4-5-13(10)17)16-15(11(2)18)14-9-20(3)6-7-21(14)19-16/h4-5,8H,2,6-7,9,18H2,1,3H3. The van der Waals surface area contributed by atoms with Crippen LogP contribution in [-0.4, -0.2) is 28.3 Å². The number of hydrogen-bond donors (Lipinski definition) is 1. The van der Waals surface area contributed by atoms with Crippen LogP contribution < -0.4 is 5.73 Å². The zero-order valence-electron chi connectivity index (χ0n) is 12.4. The third-order valence-corrected chi connectivity index (χ3v) is 3.92. The highest BCUT2D eigenvalue weighted by Gasteiger charge is 2.24. The van der Waals surface area contributed by atoms with Gasteiger partial charge in [0.2, 0.25) is 0 Å². The second kappa shape index (κ2) is 5.00. The highest BCUT2D eigenvalue weighted by atomic mass is 19.1. The molecule has 0 fully saturated rings. The maximum Gasteiger partial charge on any atom is 0.126 e. The van der Waals surface area contributed by atoms with Gasteiger partial charge in [0, 0.05) is 29.9 Å². The van der Waals surface area contributed by atoms with Crippen LogP contribution in [0.4, 0.5) is 4.39 Å². The van der Waals surface area contributed by atoms with E-state index in [-0.39, 0.29) is 5.82 Å². The second-order valence-electron chi connectivity index (χ2n) is 5.62. The number of aryl methyl sites for hydroxylation is 1. The Morgan fingerprint density at radius 3 is 2.81 bits per heavy atom. The highest BCUT2D eigenvalue weighted by molar-refractivity contribution is 5.78. The number of hydrogen-bond acceptors (Lipinski definition) is 3. The number of nitrogens with two attached hydrogens (primary N) is 1. The minimum absolute atomic E-state index is 0.212. The fraction of sp³-hybridized carbons (Fsp3) is 0.312. The quantitative estimate of drug-likeness (QED) is 0.922. The number of nitrogens with zero attached hydrogens (tertiary/aromatic N) is 3. The van der Waals surface area contributed by atoms with Gasteiger partial charge >= 0.3 is 0 Å². The van der Waals surface area contributed by atoms with E-state index in [2.05, 4.69) is 23.6 Å². The zero-order valence-corrected chi connectivity index (χ0v) is 12.4. The first-order valence-corrected chi connectivity index (χ1v) is 6.97. The van der Waals surface area contributed by atoms with Crippen molar-refractivity contribution in [2.75, 3.05) is 13.6 Å². The molecule has 0 amide bonds. The minimum atomic E-state index is -0.212. The molecule has 0 atom stereocenters. The SMILES string of the molecule is C=C(N)c1c(-c2ccc(F)c(C)c2)nn2c1CN(C)CC2. The van der Waals surface area contributed by atoms with Gasteiger partial charge in [-0.1, -0.05) is 6.58 Å². The molecule has 1 aliphatic rings. The van der Waals surface area contributed by atoms with Crippen LogP contribution >= 0.6 is 0 Å². The Balaban J connectivity index is 2.18. The second-order valence-corrected chi connectivity index (χ2v) is 5.62. The van der Waals surface area contributed by atoms with Gasteiger partial charge in [-0.25, -0.2) is 4.39 Å². The molecular weight excluding hydrogens is 267 g/mol. The lowest BCUT2D eigenvalue weighted by atomic mass is 10.0. The van der Waals surface area contributed by atoms with Gasteiger partial charge in [0.15, 0.2) is 0 Å². The number of benzene rings is 1. The van der Waals surface area contributed by atoms with Crippen LogP contribution in [0.5, 0.6) is 0 Å². The van der Waals surface area contributed by atoms with Crippen molar-refractivity contribution < 1.29 is 4.39 Å². The zero-order chi connectivity index (χ0) is 15.1. The van der Waals surface area contributed by atoms with Crippen LogP contribution in [0.1, 0.15) is 16.8 Å². The van der Waals surface area contributed by atoms with Crippen molar-refractivity contribution in [2.24, 2.45) is 5.73 Å². The summed E-state index contributed by atoms with van der Waals surface area (Å²) >= 11 is 0. The molecule has 0 saturated carbocycles. The molecule has 0 bridgehead atoms. The van der Waals surface area contributed by atoms with Gasteiger partial charge < -0.3 is 5.73 Å². The summed E-state index contributed by atoms with van der Waals surface area (Å²) in [4.78, 5) is 2.23. The summed E-state index contributed by atoms with van der Waals surface area (Å²) in [5, 5.41) is 4.67. The summed E-state index contributed by atoms with van der Waals surface area (Å²) in [5.41, 5.74) is 10.7. The van der Waals surface area contributed by atoms with Gasteiger partial charge in [0.25, 0.3) is 0 Å². The minimum Gasteiger partial charge on any atom is -0.399 e. The molecule has 4 nitrogen and oxygen atoms in total. The topological polar surface area (TPSA) is 47.1 Å².